The lowest BCUT2D eigenvalue weighted by Gasteiger charge is -2.24. The maximum absolute atomic E-state index is 14.3. The number of amides is 2. The number of nitrogens with two attached hydrogens (primary N) is 2. The number of carbonyl (C=O) groups is 3. The zero-order valence-corrected chi connectivity index (χ0v) is 22.5. The summed E-state index contributed by atoms with van der Waals surface area (Å²) < 4.78 is 41.2. The number of alkyl halides is 1. The van der Waals surface area contributed by atoms with E-state index in [4.69, 9.17) is 11.5 Å². The zero-order valence-electron chi connectivity index (χ0n) is 21.7. The zero-order chi connectivity index (χ0) is 29.3. The smallest absolute Gasteiger partial charge is 0.326 e. The number of halogens is 1. The molecule has 2 aromatic rings. The Bertz CT molecular complexity index is 1320. The molecule has 0 radical (unpaired) electrons. The number of carboxylic acid groups (broad SMARTS) is 1. The molecular formula is C26H33FN6O6S. The number of rotatable bonds is 13. The first-order chi connectivity index (χ1) is 19.0. The highest BCUT2D eigenvalue weighted by molar-refractivity contribution is 7.89. The lowest BCUT2D eigenvalue weighted by Crippen LogP contribution is -2.51. The topological polar surface area (TPSA) is 197 Å². The summed E-state index contributed by atoms with van der Waals surface area (Å²) in [4.78, 5) is 40.8. The summed E-state index contributed by atoms with van der Waals surface area (Å²) in [6, 6.07) is 11.0. The first-order valence-electron chi connectivity index (χ1n) is 12.7. The Morgan fingerprint density at radius 3 is 2.38 bits per heavy atom. The quantitative estimate of drug-likeness (QED) is 0.132. The number of aliphatic imine (C=N–C) groups is 1. The summed E-state index contributed by atoms with van der Waals surface area (Å²) in [7, 11) is -4.17. The maximum Gasteiger partial charge on any atom is 0.326 e. The molecule has 0 unspecified atom stereocenters. The van der Waals surface area contributed by atoms with Crippen molar-refractivity contribution < 1.29 is 32.3 Å². The van der Waals surface area contributed by atoms with Gasteiger partial charge in [-0.25, -0.2) is 17.6 Å². The van der Waals surface area contributed by atoms with Gasteiger partial charge in [0.05, 0.1) is 4.90 Å². The fourth-order valence-corrected chi connectivity index (χ4v) is 5.89. The van der Waals surface area contributed by atoms with Crippen LogP contribution in [0.2, 0.25) is 0 Å². The van der Waals surface area contributed by atoms with E-state index >= 15 is 0 Å². The number of hydrogen-bond acceptors (Lipinski definition) is 6. The molecule has 0 aromatic heterocycles. The predicted octanol–water partition coefficient (Wildman–Crippen LogP) is 0.982. The van der Waals surface area contributed by atoms with Crippen LogP contribution >= 0.6 is 0 Å². The molecule has 0 bridgehead atoms. The van der Waals surface area contributed by atoms with E-state index in [9.17, 15) is 32.3 Å². The van der Waals surface area contributed by atoms with Crippen LogP contribution in [0.25, 0.3) is 0 Å². The van der Waals surface area contributed by atoms with E-state index < -0.39 is 46.7 Å². The lowest BCUT2D eigenvalue weighted by atomic mass is 10.0. The highest BCUT2D eigenvalue weighted by atomic mass is 32.2. The molecule has 1 heterocycles. The standard InChI is InChI=1S/C26H33FN6O6S/c27-18-15-22(33(16-18)40(38,39)20-6-2-1-3-7-20)24(35)32-21(25(36)37)14-17-9-11-19(12-10-17)31-23(34)8-4-5-13-30-26(28)29/h1-3,6-7,9-12,18,21-22H,4-5,8,13-16H2,(H,31,34)(H,32,35)(H,36,37)(H4,28,29,30)/t18-,21+,22+/m1/s1. The molecule has 216 valence electrons. The van der Waals surface area contributed by atoms with Crippen LogP contribution in [0.1, 0.15) is 31.2 Å². The Balaban J connectivity index is 1.59. The minimum atomic E-state index is -4.17. The molecule has 2 aromatic carbocycles. The Morgan fingerprint density at radius 1 is 1.07 bits per heavy atom. The molecule has 7 N–H and O–H groups in total. The summed E-state index contributed by atoms with van der Waals surface area (Å²) in [6.45, 7) is -0.0714. The number of anilines is 1. The fourth-order valence-electron chi connectivity index (χ4n) is 4.25. The first-order valence-corrected chi connectivity index (χ1v) is 14.1. The van der Waals surface area contributed by atoms with Crippen molar-refractivity contribution in [3.8, 4) is 0 Å². The monoisotopic (exact) mass is 576 g/mol. The van der Waals surface area contributed by atoms with Gasteiger partial charge in [-0.3, -0.25) is 14.6 Å². The third kappa shape index (κ3) is 8.48. The molecule has 14 heteroatoms. The summed E-state index contributed by atoms with van der Waals surface area (Å²) in [5.74, 6) is -2.43. The number of guanidine groups is 1. The van der Waals surface area contributed by atoms with Crippen LogP contribution in [-0.4, -0.2) is 72.9 Å². The van der Waals surface area contributed by atoms with Gasteiger partial charge in [-0.1, -0.05) is 30.3 Å². The van der Waals surface area contributed by atoms with Gasteiger partial charge in [0.15, 0.2) is 5.96 Å². The molecule has 0 aliphatic carbocycles. The SMILES string of the molecule is NC(N)=NCCCCC(=O)Nc1ccc(C[C@H](NC(=O)[C@@H]2C[C@@H](F)CN2S(=O)(=O)c2ccccc2)C(=O)O)cc1. The number of carbonyl (C=O) groups excluding carboxylic acids is 2. The molecule has 0 saturated carbocycles. The second-order valence-corrected chi connectivity index (χ2v) is 11.2. The van der Waals surface area contributed by atoms with Crippen molar-refractivity contribution in [2.45, 2.75) is 55.3 Å². The number of nitrogens with zero attached hydrogens (tertiary/aromatic N) is 2. The van der Waals surface area contributed by atoms with Gasteiger partial charge < -0.3 is 27.2 Å². The van der Waals surface area contributed by atoms with Gasteiger partial charge in [0.1, 0.15) is 18.3 Å². The van der Waals surface area contributed by atoms with Crippen LogP contribution in [0.3, 0.4) is 0 Å². The highest BCUT2D eigenvalue weighted by Gasteiger charge is 2.44. The Kier molecular flexibility index (Phi) is 10.6. The number of aliphatic carboxylic acids is 1. The van der Waals surface area contributed by atoms with E-state index in [1.165, 1.54) is 24.3 Å². The summed E-state index contributed by atoms with van der Waals surface area (Å²) in [6.07, 6.45) is -0.556. The fraction of sp³-hybridized carbons (Fsp3) is 0.385. The van der Waals surface area contributed by atoms with Crippen molar-refractivity contribution in [2.24, 2.45) is 16.5 Å². The van der Waals surface area contributed by atoms with Crippen molar-refractivity contribution in [3.63, 3.8) is 0 Å². The molecule has 3 rings (SSSR count). The van der Waals surface area contributed by atoms with Gasteiger partial charge in [0.2, 0.25) is 21.8 Å². The number of hydrogen-bond donors (Lipinski definition) is 5. The van der Waals surface area contributed by atoms with E-state index in [0.717, 1.165) is 4.31 Å². The largest absolute Gasteiger partial charge is 0.480 e. The number of nitrogens with one attached hydrogen (secondary N) is 2. The third-order valence-corrected chi connectivity index (χ3v) is 8.14. The second kappa shape index (κ2) is 13.8. The molecule has 2 amide bonds. The average molecular weight is 577 g/mol. The van der Waals surface area contributed by atoms with Gasteiger partial charge in [-0.05, 0) is 42.7 Å². The second-order valence-electron chi connectivity index (χ2n) is 9.35. The van der Waals surface area contributed by atoms with Crippen molar-refractivity contribution in [2.75, 3.05) is 18.4 Å². The van der Waals surface area contributed by atoms with E-state index in [0.29, 0.717) is 30.6 Å². The Hall–Kier alpha value is -4.04. The molecule has 1 aliphatic rings. The number of benzene rings is 2. The molecule has 1 aliphatic heterocycles. The van der Waals surface area contributed by atoms with Crippen LogP contribution in [0.15, 0.2) is 64.5 Å². The van der Waals surface area contributed by atoms with E-state index in [1.807, 2.05) is 0 Å². The van der Waals surface area contributed by atoms with Gasteiger partial charge in [-0.2, -0.15) is 4.31 Å². The Labute approximate surface area is 231 Å². The van der Waals surface area contributed by atoms with Crippen molar-refractivity contribution in [3.05, 3.63) is 60.2 Å². The van der Waals surface area contributed by atoms with Gasteiger partial charge in [0, 0.05) is 38.0 Å². The van der Waals surface area contributed by atoms with Crippen LogP contribution in [-0.2, 0) is 30.8 Å². The molecule has 0 spiro atoms. The van der Waals surface area contributed by atoms with Crippen molar-refractivity contribution in [1.29, 1.82) is 0 Å². The minimum absolute atomic E-state index is 0.000782. The average Bonchev–Trinajstić information content (AvgIpc) is 3.32. The molecule has 12 nitrogen and oxygen atoms in total. The lowest BCUT2D eigenvalue weighted by molar-refractivity contribution is -0.142. The van der Waals surface area contributed by atoms with Gasteiger partial charge in [0.25, 0.3) is 0 Å². The summed E-state index contributed by atoms with van der Waals surface area (Å²) in [5.41, 5.74) is 11.6. The number of sulfonamides is 1. The van der Waals surface area contributed by atoms with Gasteiger partial charge >= 0.3 is 5.97 Å². The summed E-state index contributed by atoms with van der Waals surface area (Å²) >= 11 is 0. The van der Waals surface area contributed by atoms with E-state index in [-0.39, 0.29) is 36.0 Å². The van der Waals surface area contributed by atoms with Crippen LogP contribution < -0.4 is 22.1 Å². The first kappa shape index (κ1) is 30.5. The number of carboxylic acids is 1. The minimum Gasteiger partial charge on any atom is -0.480 e. The van der Waals surface area contributed by atoms with Crippen LogP contribution in [0.4, 0.5) is 10.1 Å². The third-order valence-electron chi connectivity index (χ3n) is 6.26. The van der Waals surface area contributed by atoms with Crippen LogP contribution in [0.5, 0.6) is 0 Å². The molecular weight excluding hydrogens is 543 g/mol. The number of unbranched alkanes of at least 4 members (excludes halogenated alkanes) is 1. The molecule has 40 heavy (non-hydrogen) atoms. The highest BCUT2D eigenvalue weighted by Crippen LogP contribution is 2.28. The predicted molar refractivity (Wildman–Crippen MR) is 147 cm³/mol. The van der Waals surface area contributed by atoms with Gasteiger partial charge in [-0.15, -0.1) is 0 Å². The van der Waals surface area contributed by atoms with Crippen molar-refractivity contribution >= 4 is 39.5 Å². The molecule has 1 saturated heterocycles. The summed E-state index contributed by atoms with van der Waals surface area (Å²) in [5, 5.41) is 14.8. The van der Waals surface area contributed by atoms with Crippen molar-refractivity contribution in [1.82, 2.24) is 9.62 Å². The Morgan fingerprint density at radius 2 is 1.75 bits per heavy atom. The molecule has 1 fully saturated rings. The maximum atomic E-state index is 14.3. The van der Waals surface area contributed by atoms with E-state index in [1.54, 1.807) is 30.3 Å². The normalized spacial score (nSPS) is 18.0. The van der Waals surface area contributed by atoms with E-state index in [2.05, 4.69) is 15.6 Å². The van der Waals surface area contributed by atoms with Crippen LogP contribution in [0, 0.1) is 0 Å². The molecule has 3 atom stereocenters.